The van der Waals surface area contributed by atoms with Crippen molar-refractivity contribution in [3.63, 3.8) is 0 Å². The summed E-state index contributed by atoms with van der Waals surface area (Å²) in [5.41, 5.74) is 5.75. The van der Waals surface area contributed by atoms with Crippen LogP contribution >= 0.6 is 0 Å². The van der Waals surface area contributed by atoms with Gasteiger partial charge in [0.25, 0.3) is 11.6 Å². The molecule has 0 radical (unpaired) electrons. The third kappa shape index (κ3) is 6.26. The molecule has 0 saturated heterocycles. The van der Waals surface area contributed by atoms with Crippen molar-refractivity contribution in [2.75, 3.05) is 12.4 Å². The molecule has 0 aliphatic carbocycles. The minimum Gasteiger partial charge on any atom is -0.497 e. The van der Waals surface area contributed by atoms with Crippen molar-refractivity contribution in [3.05, 3.63) is 99.1 Å². The average Bonchev–Trinajstić information content (AvgIpc) is 2.82. The fourth-order valence-electron chi connectivity index (χ4n) is 3.22. The number of nitrogens with zero attached hydrogens (tertiary/aromatic N) is 2. The van der Waals surface area contributed by atoms with Crippen molar-refractivity contribution in [1.82, 2.24) is 5.43 Å². The largest absolute Gasteiger partial charge is 0.497 e. The summed E-state index contributed by atoms with van der Waals surface area (Å²) in [5, 5.41) is 17.9. The molecule has 9 heteroatoms. The smallest absolute Gasteiger partial charge is 0.272 e. The Kier molecular flexibility index (Phi) is 7.71. The zero-order valence-corrected chi connectivity index (χ0v) is 19.0. The predicted octanol–water partition coefficient (Wildman–Crippen LogP) is 4.25. The Bertz CT molecular complexity index is 1250. The summed E-state index contributed by atoms with van der Waals surface area (Å²) < 4.78 is 5.12. The van der Waals surface area contributed by atoms with Gasteiger partial charge in [-0.2, -0.15) is 5.10 Å². The zero-order chi connectivity index (χ0) is 24.7. The third-order valence-corrected chi connectivity index (χ3v) is 5.07. The van der Waals surface area contributed by atoms with Crippen LogP contribution in [0, 0.1) is 17.0 Å². The second-order valence-electron chi connectivity index (χ2n) is 7.55. The zero-order valence-electron chi connectivity index (χ0n) is 19.0. The van der Waals surface area contributed by atoms with Gasteiger partial charge in [0.05, 0.1) is 24.2 Å². The number of nitro groups is 1. The Labute approximate surface area is 196 Å². The lowest BCUT2D eigenvalue weighted by Gasteiger charge is -2.09. The molecular weight excluding hydrogens is 436 g/mol. The lowest BCUT2D eigenvalue weighted by Crippen LogP contribution is -2.19. The van der Waals surface area contributed by atoms with Gasteiger partial charge in [0.15, 0.2) is 0 Å². The fourth-order valence-corrected chi connectivity index (χ4v) is 3.22. The van der Waals surface area contributed by atoms with Crippen LogP contribution in [-0.4, -0.2) is 29.6 Å². The van der Waals surface area contributed by atoms with Crippen LogP contribution in [0.5, 0.6) is 5.75 Å². The maximum atomic E-state index is 12.4. The van der Waals surface area contributed by atoms with E-state index in [4.69, 9.17) is 4.74 Å². The number of carbonyl (C=O) groups excluding carboxylic acids is 2. The first-order chi connectivity index (χ1) is 16.3. The predicted molar refractivity (Wildman–Crippen MR) is 129 cm³/mol. The Balaban J connectivity index is 1.63. The van der Waals surface area contributed by atoms with Crippen molar-refractivity contribution in [1.29, 1.82) is 0 Å². The molecule has 0 fully saturated rings. The molecular formula is C25H24N4O5. The Morgan fingerprint density at radius 3 is 2.41 bits per heavy atom. The number of carbonyl (C=O) groups is 2. The number of aryl methyl sites for hydroxylation is 1. The summed E-state index contributed by atoms with van der Waals surface area (Å²) >= 11 is 0. The number of hydrogen-bond acceptors (Lipinski definition) is 6. The number of methoxy groups -OCH3 is 1. The number of amides is 2. The van der Waals surface area contributed by atoms with Gasteiger partial charge in [-0.25, -0.2) is 5.43 Å². The lowest BCUT2D eigenvalue weighted by molar-refractivity contribution is -0.385. The number of anilines is 1. The lowest BCUT2D eigenvalue weighted by atomic mass is 10.1. The molecule has 3 aromatic carbocycles. The Hall–Kier alpha value is -4.53. The average molecular weight is 460 g/mol. The normalized spacial score (nSPS) is 11.0. The first-order valence-corrected chi connectivity index (χ1v) is 10.4. The molecule has 0 aliphatic heterocycles. The first kappa shape index (κ1) is 24.1. The van der Waals surface area contributed by atoms with Gasteiger partial charge in [0.2, 0.25) is 5.91 Å². The van der Waals surface area contributed by atoms with Crippen LogP contribution in [0.1, 0.15) is 34.0 Å². The Morgan fingerprint density at radius 2 is 1.76 bits per heavy atom. The van der Waals surface area contributed by atoms with Crippen LogP contribution in [0.25, 0.3) is 0 Å². The summed E-state index contributed by atoms with van der Waals surface area (Å²) in [7, 11) is 1.59. The van der Waals surface area contributed by atoms with Crippen molar-refractivity contribution in [3.8, 4) is 5.75 Å². The third-order valence-electron chi connectivity index (χ3n) is 5.07. The van der Waals surface area contributed by atoms with E-state index in [0.29, 0.717) is 22.5 Å². The minimum absolute atomic E-state index is 0.0536. The van der Waals surface area contributed by atoms with E-state index in [1.165, 1.54) is 18.2 Å². The minimum atomic E-state index is -0.498. The van der Waals surface area contributed by atoms with Gasteiger partial charge in [-0.3, -0.25) is 19.7 Å². The molecule has 3 rings (SSSR count). The molecule has 0 saturated carbocycles. The highest BCUT2D eigenvalue weighted by molar-refractivity contribution is 6.02. The molecule has 174 valence electrons. The molecule has 9 nitrogen and oxygen atoms in total. The standard InChI is InChI=1S/C25H24N4O5/c1-16-13-20(9-12-23(16)29(32)33)25(31)28-27-17(2)19-5-4-6-21(15-19)26-24(30)14-18-7-10-22(34-3)11-8-18/h4-13,15H,14H2,1-3H3,(H,26,30)(H,28,31). The Morgan fingerprint density at radius 1 is 1.03 bits per heavy atom. The van der Waals surface area contributed by atoms with Gasteiger partial charge in [0.1, 0.15) is 5.75 Å². The topological polar surface area (TPSA) is 123 Å². The maximum absolute atomic E-state index is 12.4. The number of hydrazone groups is 1. The monoisotopic (exact) mass is 460 g/mol. The number of hydrogen-bond donors (Lipinski definition) is 2. The van der Waals surface area contributed by atoms with Crippen LogP contribution in [0.4, 0.5) is 11.4 Å². The molecule has 0 atom stereocenters. The van der Waals surface area contributed by atoms with Crippen molar-refractivity contribution < 1.29 is 19.2 Å². The SMILES string of the molecule is COc1ccc(CC(=O)Nc2cccc(C(C)=NNC(=O)c3ccc([N+](=O)[O-])c(C)c3)c2)cc1. The van der Waals surface area contributed by atoms with Crippen LogP contribution in [0.3, 0.4) is 0 Å². The van der Waals surface area contributed by atoms with E-state index < -0.39 is 10.8 Å². The summed E-state index contributed by atoms with van der Waals surface area (Å²) in [5.74, 6) is 0.0717. The van der Waals surface area contributed by atoms with E-state index in [9.17, 15) is 19.7 Å². The molecule has 2 N–H and O–H groups in total. The molecule has 34 heavy (non-hydrogen) atoms. The summed E-state index contributed by atoms with van der Waals surface area (Å²) in [4.78, 5) is 35.2. The van der Waals surface area contributed by atoms with Gasteiger partial charge in [-0.1, -0.05) is 24.3 Å². The fraction of sp³-hybridized carbons (Fsp3) is 0.160. The molecule has 0 unspecified atom stereocenters. The van der Waals surface area contributed by atoms with Crippen LogP contribution < -0.4 is 15.5 Å². The summed E-state index contributed by atoms with van der Waals surface area (Å²) in [6.07, 6.45) is 0.214. The molecule has 0 heterocycles. The van der Waals surface area contributed by atoms with Crippen molar-refractivity contribution in [2.24, 2.45) is 5.10 Å². The van der Waals surface area contributed by atoms with E-state index in [1.807, 2.05) is 12.1 Å². The highest BCUT2D eigenvalue weighted by atomic mass is 16.6. The molecule has 0 bridgehead atoms. The van der Waals surface area contributed by atoms with Gasteiger partial charge >= 0.3 is 0 Å². The van der Waals surface area contributed by atoms with Crippen molar-refractivity contribution >= 4 is 28.9 Å². The summed E-state index contributed by atoms with van der Waals surface area (Å²) in [6, 6.07) is 18.5. The second-order valence-corrected chi connectivity index (χ2v) is 7.55. The number of rotatable bonds is 8. The summed E-state index contributed by atoms with van der Waals surface area (Å²) in [6.45, 7) is 3.29. The number of nitro benzene ring substituents is 1. The van der Waals surface area contributed by atoms with Crippen LogP contribution in [0.15, 0.2) is 71.8 Å². The van der Waals surface area contributed by atoms with E-state index >= 15 is 0 Å². The van der Waals surface area contributed by atoms with Crippen LogP contribution in [0.2, 0.25) is 0 Å². The van der Waals surface area contributed by atoms with E-state index in [0.717, 1.165) is 11.3 Å². The van der Waals surface area contributed by atoms with E-state index in [2.05, 4.69) is 15.8 Å². The second kappa shape index (κ2) is 10.9. The first-order valence-electron chi connectivity index (χ1n) is 10.4. The quantitative estimate of drug-likeness (QED) is 0.296. The molecule has 0 aliphatic rings. The maximum Gasteiger partial charge on any atom is 0.272 e. The molecule has 3 aromatic rings. The van der Waals surface area contributed by atoms with E-state index in [1.54, 1.807) is 57.4 Å². The molecule has 2 amide bonds. The number of benzene rings is 3. The highest BCUT2D eigenvalue weighted by Gasteiger charge is 2.14. The molecule has 0 aromatic heterocycles. The molecule has 0 spiro atoms. The van der Waals surface area contributed by atoms with Gasteiger partial charge < -0.3 is 10.1 Å². The van der Waals surface area contributed by atoms with Gasteiger partial charge in [-0.05, 0) is 61.4 Å². The van der Waals surface area contributed by atoms with E-state index in [-0.39, 0.29) is 23.6 Å². The van der Waals surface area contributed by atoms with Gasteiger partial charge in [-0.15, -0.1) is 0 Å². The highest BCUT2D eigenvalue weighted by Crippen LogP contribution is 2.19. The number of ether oxygens (including phenoxy) is 1. The van der Waals surface area contributed by atoms with Gasteiger partial charge in [0, 0.05) is 22.9 Å². The number of nitrogens with one attached hydrogen (secondary N) is 2. The van der Waals surface area contributed by atoms with Crippen molar-refractivity contribution in [2.45, 2.75) is 20.3 Å². The van der Waals surface area contributed by atoms with Crippen LogP contribution in [-0.2, 0) is 11.2 Å².